The van der Waals surface area contributed by atoms with Crippen molar-refractivity contribution < 1.29 is 14.4 Å². The molecule has 0 N–H and O–H groups in total. The summed E-state index contributed by atoms with van der Waals surface area (Å²) in [6.45, 7) is 3.42. The van der Waals surface area contributed by atoms with Crippen molar-refractivity contribution in [3.05, 3.63) is 47.2 Å². The normalized spacial score (nSPS) is 23.6. The fourth-order valence-electron chi connectivity index (χ4n) is 4.23. The van der Waals surface area contributed by atoms with Gasteiger partial charge in [-0.15, -0.1) is 0 Å². The van der Waals surface area contributed by atoms with Crippen LogP contribution >= 0.6 is 0 Å². The summed E-state index contributed by atoms with van der Waals surface area (Å²) in [5, 5.41) is 3.26. The average Bonchev–Trinajstić information content (AvgIpc) is 2.82. The van der Waals surface area contributed by atoms with Gasteiger partial charge in [-0.3, -0.25) is 9.63 Å². The number of aryl methyl sites for hydroxylation is 1. The van der Waals surface area contributed by atoms with Crippen LogP contribution < -0.4 is 0 Å². The highest BCUT2D eigenvalue weighted by Crippen LogP contribution is 2.42. The molecule has 0 saturated carbocycles. The number of esters is 1. The second-order valence-electron chi connectivity index (χ2n) is 6.78. The first kappa shape index (κ1) is 16.4. The summed E-state index contributed by atoms with van der Waals surface area (Å²) in [5.74, 6) is -0.561. The quantitative estimate of drug-likeness (QED) is 0.622. The summed E-state index contributed by atoms with van der Waals surface area (Å²) < 4.78 is 7.35. The predicted molar refractivity (Wildman–Crippen MR) is 95.9 cm³/mol. The van der Waals surface area contributed by atoms with Crippen LogP contribution in [0.5, 0.6) is 0 Å². The van der Waals surface area contributed by atoms with Crippen LogP contribution in [0.3, 0.4) is 0 Å². The first-order valence-electron chi connectivity index (χ1n) is 8.88. The fraction of sp³-hybridized carbons (Fsp3) is 0.450. The van der Waals surface area contributed by atoms with Crippen LogP contribution in [0, 0.1) is 5.92 Å². The van der Waals surface area contributed by atoms with E-state index in [9.17, 15) is 4.79 Å². The molecule has 25 heavy (non-hydrogen) atoms. The van der Waals surface area contributed by atoms with Gasteiger partial charge in [0.1, 0.15) is 0 Å². The van der Waals surface area contributed by atoms with Gasteiger partial charge in [0.05, 0.1) is 25.7 Å². The van der Waals surface area contributed by atoms with Crippen LogP contribution in [0.15, 0.2) is 35.9 Å². The number of carbonyl (C=O) groups excluding carboxylic acids is 1. The number of ether oxygens (including phenoxy) is 1. The topological polar surface area (TPSA) is 43.7 Å². The minimum absolute atomic E-state index is 0.155. The molecule has 1 aromatic heterocycles. The van der Waals surface area contributed by atoms with E-state index >= 15 is 0 Å². The third-order valence-corrected chi connectivity index (χ3v) is 5.53. The Morgan fingerprint density at radius 1 is 1.36 bits per heavy atom. The number of hydrogen-bond acceptors (Lipinski definition) is 4. The van der Waals surface area contributed by atoms with Gasteiger partial charge in [-0.2, -0.15) is 5.06 Å². The maximum absolute atomic E-state index is 12.6. The summed E-state index contributed by atoms with van der Waals surface area (Å²) >= 11 is 0. The van der Waals surface area contributed by atoms with E-state index in [1.807, 2.05) is 5.06 Å². The number of hydroxylamine groups is 2. The highest BCUT2D eigenvalue weighted by atomic mass is 16.7. The smallest absolute Gasteiger partial charge is 0.314 e. The number of nitrogens with zero attached hydrogens (tertiary/aromatic N) is 2. The van der Waals surface area contributed by atoms with E-state index in [4.69, 9.17) is 9.57 Å². The SMILES string of the molecule is CCC1=C[C@H](C(=O)OC)[C@H]2c3c(c4ccccc4n3C)CCN2OC1. The number of para-hydroxylation sites is 1. The van der Waals surface area contributed by atoms with Gasteiger partial charge in [0.2, 0.25) is 0 Å². The van der Waals surface area contributed by atoms with E-state index in [0.29, 0.717) is 6.61 Å². The van der Waals surface area contributed by atoms with Gasteiger partial charge in [0.25, 0.3) is 0 Å². The fourth-order valence-corrected chi connectivity index (χ4v) is 4.23. The molecule has 5 nitrogen and oxygen atoms in total. The van der Waals surface area contributed by atoms with E-state index in [1.165, 1.54) is 23.6 Å². The second-order valence-corrected chi connectivity index (χ2v) is 6.78. The second kappa shape index (κ2) is 6.32. The van der Waals surface area contributed by atoms with Crippen molar-refractivity contribution in [2.75, 3.05) is 20.3 Å². The Balaban J connectivity index is 1.92. The Morgan fingerprint density at radius 2 is 2.16 bits per heavy atom. The van der Waals surface area contributed by atoms with Crippen molar-refractivity contribution >= 4 is 16.9 Å². The molecular weight excluding hydrogens is 316 g/mol. The molecule has 2 aromatic rings. The molecule has 2 aliphatic rings. The summed E-state index contributed by atoms with van der Waals surface area (Å²) in [4.78, 5) is 18.7. The van der Waals surface area contributed by atoms with Gasteiger partial charge in [0, 0.05) is 30.2 Å². The lowest BCUT2D eigenvalue weighted by molar-refractivity contribution is -0.195. The van der Waals surface area contributed by atoms with Gasteiger partial charge in [-0.05, 0) is 30.0 Å². The van der Waals surface area contributed by atoms with Crippen molar-refractivity contribution in [2.45, 2.75) is 25.8 Å². The Hall–Kier alpha value is -2.11. The minimum Gasteiger partial charge on any atom is -0.469 e. The number of carbonyl (C=O) groups is 1. The minimum atomic E-state index is -0.357. The summed E-state index contributed by atoms with van der Waals surface area (Å²) in [6, 6.07) is 8.28. The standard InChI is InChI=1S/C20H24N2O3/c1-4-13-11-16(20(23)24-3)19-18-15(9-10-22(19)25-12-13)14-7-5-6-8-17(14)21(18)2/h5-8,11,16,19H,4,9-10,12H2,1-3H3/t16-,19-/m0/s1. The zero-order chi connectivity index (χ0) is 17.6. The predicted octanol–water partition coefficient (Wildman–Crippen LogP) is 3.15. The summed E-state index contributed by atoms with van der Waals surface area (Å²) in [6.07, 6.45) is 3.85. The van der Waals surface area contributed by atoms with Crippen LogP contribution in [0.25, 0.3) is 10.9 Å². The first-order valence-corrected chi connectivity index (χ1v) is 8.88. The number of aromatic nitrogens is 1. The molecule has 1 aromatic carbocycles. The van der Waals surface area contributed by atoms with E-state index in [2.05, 4.69) is 48.9 Å². The molecule has 0 unspecified atom stereocenters. The lowest BCUT2D eigenvalue weighted by Gasteiger charge is -2.36. The third-order valence-electron chi connectivity index (χ3n) is 5.53. The average molecular weight is 340 g/mol. The van der Waals surface area contributed by atoms with Crippen molar-refractivity contribution in [1.29, 1.82) is 0 Å². The monoisotopic (exact) mass is 340 g/mol. The van der Waals surface area contributed by atoms with E-state index < -0.39 is 0 Å². The molecule has 4 rings (SSSR count). The Bertz CT molecular complexity index is 852. The van der Waals surface area contributed by atoms with Crippen LogP contribution in [-0.2, 0) is 27.8 Å². The van der Waals surface area contributed by atoms with Crippen molar-refractivity contribution in [2.24, 2.45) is 13.0 Å². The lowest BCUT2D eigenvalue weighted by Crippen LogP contribution is -2.41. The van der Waals surface area contributed by atoms with E-state index in [1.54, 1.807) is 0 Å². The first-order chi connectivity index (χ1) is 12.2. The largest absolute Gasteiger partial charge is 0.469 e. The number of benzene rings is 1. The van der Waals surface area contributed by atoms with E-state index in [0.717, 1.165) is 30.7 Å². The summed E-state index contributed by atoms with van der Waals surface area (Å²) in [7, 11) is 3.54. The van der Waals surface area contributed by atoms with Gasteiger partial charge in [0.15, 0.2) is 0 Å². The molecule has 0 bridgehead atoms. The molecule has 2 aliphatic heterocycles. The molecular formula is C20H24N2O3. The van der Waals surface area contributed by atoms with Crippen molar-refractivity contribution in [3.63, 3.8) is 0 Å². The number of methoxy groups -OCH3 is 1. The molecule has 3 heterocycles. The molecule has 0 spiro atoms. The number of fused-ring (bicyclic) bond motifs is 5. The Labute approximate surface area is 147 Å². The molecule has 5 heteroatoms. The molecule has 0 fully saturated rings. The van der Waals surface area contributed by atoms with Gasteiger partial charge in [-0.1, -0.05) is 31.2 Å². The molecule has 0 saturated heterocycles. The van der Waals surface area contributed by atoms with Gasteiger partial charge < -0.3 is 9.30 Å². The van der Waals surface area contributed by atoms with Crippen molar-refractivity contribution in [3.8, 4) is 0 Å². The Kier molecular flexibility index (Phi) is 4.13. The molecule has 0 aliphatic carbocycles. The zero-order valence-electron chi connectivity index (χ0n) is 15.0. The lowest BCUT2D eigenvalue weighted by atomic mass is 9.88. The Morgan fingerprint density at radius 3 is 2.92 bits per heavy atom. The van der Waals surface area contributed by atoms with Crippen molar-refractivity contribution in [1.82, 2.24) is 9.63 Å². The van der Waals surface area contributed by atoms with E-state index in [-0.39, 0.29) is 17.9 Å². The maximum Gasteiger partial charge on any atom is 0.314 e. The number of rotatable bonds is 2. The molecule has 0 amide bonds. The van der Waals surface area contributed by atoms with Gasteiger partial charge in [-0.25, -0.2) is 0 Å². The zero-order valence-corrected chi connectivity index (χ0v) is 15.0. The number of hydrogen-bond donors (Lipinski definition) is 0. The van der Waals surface area contributed by atoms with Crippen LogP contribution in [-0.4, -0.2) is 35.9 Å². The summed E-state index contributed by atoms with van der Waals surface area (Å²) in [5.41, 5.74) is 4.83. The molecule has 132 valence electrons. The highest BCUT2D eigenvalue weighted by molar-refractivity contribution is 5.86. The molecule has 0 radical (unpaired) electrons. The van der Waals surface area contributed by atoms with Crippen LogP contribution in [0.1, 0.15) is 30.6 Å². The van der Waals surface area contributed by atoms with Crippen LogP contribution in [0.4, 0.5) is 0 Å². The third kappa shape index (κ3) is 2.50. The molecule has 2 atom stereocenters. The van der Waals surface area contributed by atoms with Gasteiger partial charge >= 0.3 is 5.97 Å². The maximum atomic E-state index is 12.6. The highest BCUT2D eigenvalue weighted by Gasteiger charge is 2.42. The van der Waals surface area contributed by atoms with Crippen LogP contribution in [0.2, 0.25) is 0 Å².